The second kappa shape index (κ2) is 16.2. The summed E-state index contributed by atoms with van der Waals surface area (Å²) in [6, 6.07) is 0.409. The van der Waals surface area contributed by atoms with E-state index in [4.69, 9.17) is 18.7 Å². The van der Waals surface area contributed by atoms with Crippen LogP contribution in [0.5, 0.6) is 0 Å². The van der Waals surface area contributed by atoms with E-state index in [1.54, 1.807) is 0 Å². The molecule has 2 saturated heterocycles. The van der Waals surface area contributed by atoms with E-state index in [0.29, 0.717) is 51.2 Å². The number of hydrogen-bond donors (Lipinski definition) is 4. The molecule has 3 amide bonds. The van der Waals surface area contributed by atoms with Gasteiger partial charge >= 0.3 is 12.7 Å². The highest BCUT2D eigenvalue weighted by molar-refractivity contribution is 8.07. The van der Waals surface area contributed by atoms with E-state index < -0.39 is 6.72 Å². The van der Waals surface area contributed by atoms with Crippen LogP contribution < -0.4 is 16.0 Å². The van der Waals surface area contributed by atoms with E-state index in [9.17, 15) is 14.5 Å². The van der Waals surface area contributed by atoms with Crippen molar-refractivity contribution in [2.24, 2.45) is 0 Å². The third kappa shape index (κ3) is 12.1. The molecule has 192 valence electrons. The van der Waals surface area contributed by atoms with Gasteiger partial charge in [0.1, 0.15) is 0 Å². The number of urea groups is 1. The Morgan fingerprint density at radius 3 is 2.48 bits per heavy atom. The molecule has 33 heavy (non-hydrogen) atoms. The first kappa shape index (κ1) is 28.7. The molecule has 2 aliphatic heterocycles. The average Bonchev–Trinajstić information content (AvgIpc) is 3.33. The summed E-state index contributed by atoms with van der Waals surface area (Å²) in [4.78, 5) is 32.7. The van der Waals surface area contributed by atoms with Crippen molar-refractivity contribution in [2.45, 2.75) is 43.0 Å². The van der Waals surface area contributed by atoms with Crippen molar-refractivity contribution in [1.29, 1.82) is 0 Å². The number of carbonyl (C=O) groups excluding carboxylic acids is 2. The third-order valence-electron chi connectivity index (χ3n) is 5.11. The highest BCUT2D eigenvalue weighted by atomic mass is 32.5. The normalized spacial score (nSPS) is 23.6. The van der Waals surface area contributed by atoms with Crippen molar-refractivity contribution < 1.29 is 37.7 Å². The molecule has 2 aliphatic rings. The summed E-state index contributed by atoms with van der Waals surface area (Å²) in [6.45, 7) is -0.0649. The molecule has 2 rings (SSSR count). The Labute approximate surface area is 204 Å². The Kier molecular flexibility index (Phi) is 14.1. The van der Waals surface area contributed by atoms with E-state index >= 15 is 0 Å². The van der Waals surface area contributed by atoms with E-state index in [1.165, 1.54) is 7.11 Å². The maximum absolute atomic E-state index is 11.9. The number of ether oxygens (including phenoxy) is 3. The highest BCUT2D eigenvalue weighted by Crippen LogP contribution is 2.42. The van der Waals surface area contributed by atoms with Gasteiger partial charge in [0.25, 0.3) is 0 Å². The summed E-state index contributed by atoms with van der Waals surface area (Å²) in [5.74, 6) is 0.992. The van der Waals surface area contributed by atoms with Crippen molar-refractivity contribution >= 4 is 42.2 Å². The minimum absolute atomic E-state index is 0.0332. The largest absolute Gasteiger partial charge is 0.377 e. The van der Waals surface area contributed by atoms with Gasteiger partial charge in [-0.3, -0.25) is 4.79 Å². The van der Waals surface area contributed by atoms with Crippen molar-refractivity contribution in [3.63, 3.8) is 0 Å². The lowest BCUT2D eigenvalue weighted by Crippen LogP contribution is -2.36. The molecular weight excluding hydrogens is 493 g/mol. The lowest BCUT2D eigenvalue weighted by molar-refractivity contribution is -0.121. The maximum Gasteiger partial charge on any atom is 0.324 e. The topological polar surface area (TPSA) is 137 Å². The first-order valence-corrected chi connectivity index (χ1v) is 14.8. The van der Waals surface area contributed by atoms with Crippen LogP contribution in [0.2, 0.25) is 0 Å². The van der Waals surface area contributed by atoms with Gasteiger partial charge in [0, 0.05) is 31.1 Å². The van der Waals surface area contributed by atoms with Crippen molar-refractivity contribution in [3.8, 4) is 0 Å². The summed E-state index contributed by atoms with van der Waals surface area (Å²) >= 11 is 6.58. The van der Waals surface area contributed by atoms with Crippen LogP contribution in [0, 0.1) is 0 Å². The number of amides is 3. The number of nitrogens with one attached hydrogen (secondary N) is 3. The van der Waals surface area contributed by atoms with Crippen LogP contribution in [0.15, 0.2) is 0 Å². The Morgan fingerprint density at radius 1 is 1.12 bits per heavy atom. The molecule has 4 N–H and O–H groups in total. The minimum atomic E-state index is -3.11. The fourth-order valence-corrected chi connectivity index (χ4v) is 5.61. The van der Waals surface area contributed by atoms with E-state index in [0.717, 1.165) is 25.0 Å². The molecule has 14 heteroatoms. The van der Waals surface area contributed by atoms with Crippen LogP contribution in [-0.2, 0) is 39.9 Å². The van der Waals surface area contributed by atoms with E-state index in [2.05, 4.69) is 32.3 Å². The molecule has 2 fully saturated rings. The molecule has 4 atom stereocenters. The van der Waals surface area contributed by atoms with Crippen LogP contribution in [0.1, 0.15) is 25.7 Å². The number of fused-ring (bicyclic) bond motifs is 1. The maximum atomic E-state index is 11.9. The number of unbranched alkanes of at least 4 members (excludes halogenated alkanes) is 1. The van der Waals surface area contributed by atoms with Gasteiger partial charge in [-0.15, -0.1) is 0 Å². The molecule has 0 bridgehead atoms. The number of thioether (sulfide) groups is 1. The zero-order valence-corrected chi connectivity index (χ0v) is 21.5. The SMILES string of the molecule is COP(O)(=S)OCCOCCOCCOCCNC(=O)CCCCC1SCC2NC(=O)NC21. The fourth-order valence-electron chi connectivity index (χ4n) is 3.43. The van der Waals surface area contributed by atoms with E-state index in [-0.39, 0.29) is 37.2 Å². The second-order valence-electron chi connectivity index (χ2n) is 7.54. The molecular formula is C19H36N3O8PS2. The van der Waals surface area contributed by atoms with Gasteiger partial charge in [-0.05, 0) is 24.6 Å². The minimum Gasteiger partial charge on any atom is -0.377 e. The molecule has 0 radical (unpaired) electrons. The molecule has 0 aromatic heterocycles. The van der Waals surface area contributed by atoms with Gasteiger partial charge in [-0.25, -0.2) is 4.79 Å². The average molecular weight is 530 g/mol. The van der Waals surface area contributed by atoms with Crippen LogP contribution in [0.4, 0.5) is 4.79 Å². The lowest BCUT2D eigenvalue weighted by atomic mass is 10.0. The van der Waals surface area contributed by atoms with Crippen molar-refractivity contribution in [1.82, 2.24) is 16.0 Å². The molecule has 0 spiro atoms. The summed E-state index contributed by atoms with van der Waals surface area (Å²) in [5.41, 5.74) is 0. The Bertz CT molecular complexity index is 648. The van der Waals surface area contributed by atoms with Crippen molar-refractivity contribution in [2.75, 3.05) is 65.7 Å². The molecule has 11 nitrogen and oxygen atoms in total. The van der Waals surface area contributed by atoms with E-state index in [1.807, 2.05) is 11.8 Å². The van der Waals surface area contributed by atoms with Gasteiger partial charge < -0.3 is 44.1 Å². The number of rotatable bonds is 19. The quantitative estimate of drug-likeness (QED) is 0.108. The van der Waals surface area contributed by atoms with Crippen LogP contribution in [0.25, 0.3) is 0 Å². The molecule has 0 saturated carbocycles. The van der Waals surface area contributed by atoms with Crippen LogP contribution in [0.3, 0.4) is 0 Å². The first-order valence-electron chi connectivity index (χ1n) is 11.1. The van der Waals surface area contributed by atoms with Gasteiger partial charge in [0.05, 0.1) is 58.3 Å². The van der Waals surface area contributed by atoms with Gasteiger partial charge in [0.15, 0.2) is 0 Å². The Morgan fingerprint density at radius 2 is 1.79 bits per heavy atom. The predicted octanol–water partition coefficient (Wildman–Crippen LogP) is 0.758. The predicted molar refractivity (Wildman–Crippen MR) is 129 cm³/mol. The highest BCUT2D eigenvalue weighted by Gasteiger charge is 2.42. The summed E-state index contributed by atoms with van der Waals surface area (Å²) in [7, 11) is 1.30. The smallest absolute Gasteiger partial charge is 0.324 e. The third-order valence-corrected chi connectivity index (χ3v) is 8.35. The monoisotopic (exact) mass is 529 g/mol. The number of carbonyl (C=O) groups is 2. The standard InChI is InChI=1S/C19H36N3O8PS2/c1-26-31(25,32)30-13-12-29-11-10-28-9-8-27-7-6-20-17(23)5-3-2-4-16-18-15(14-33-16)21-19(24)22-18/h15-16,18H,2-14H2,1H3,(H,20,23)(H,25,32)(H2,21,22,24). The van der Waals surface area contributed by atoms with Crippen LogP contribution in [-0.4, -0.2) is 99.8 Å². The summed E-state index contributed by atoms with van der Waals surface area (Å²) in [5, 5.41) is 9.22. The zero-order chi connectivity index (χ0) is 23.9. The molecule has 0 aromatic carbocycles. The first-order chi connectivity index (χ1) is 15.9. The van der Waals surface area contributed by atoms with Gasteiger partial charge in [-0.2, -0.15) is 11.8 Å². The molecule has 0 aromatic rings. The molecule has 4 unspecified atom stereocenters. The van der Waals surface area contributed by atoms with Gasteiger partial charge in [-0.1, -0.05) is 6.42 Å². The number of hydrogen-bond acceptors (Lipinski definition) is 9. The van der Waals surface area contributed by atoms with Crippen LogP contribution >= 0.6 is 18.5 Å². The second-order valence-corrected chi connectivity index (χ2v) is 11.8. The lowest BCUT2D eigenvalue weighted by Gasteiger charge is -2.16. The van der Waals surface area contributed by atoms with Gasteiger partial charge in [0.2, 0.25) is 5.91 Å². The fraction of sp³-hybridized carbons (Fsp3) is 0.895. The zero-order valence-electron chi connectivity index (χ0n) is 19.0. The summed E-state index contributed by atoms with van der Waals surface area (Å²) in [6.07, 6.45) is 3.32. The molecule has 0 aliphatic carbocycles. The van der Waals surface area contributed by atoms with Crippen molar-refractivity contribution in [3.05, 3.63) is 0 Å². The Hall–Kier alpha value is -0.500. The summed E-state index contributed by atoms with van der Waals surface area (Å²) < 4.78 is 25.7. The molecule has 2 heterocycles. The Balaban J connectivity index is 1.30.